The number of rotatable bonds is 9. The molecule has 0 amide bonds. The minimum absolute atomic E-state index is 0.0493. The Balaban J connectivity index is 1.84. The summed E-state index contributed by atoms with van der Waals surface area (Å²) in [5.41, 5.74) is 0.0493. The predicted molar refractivity (Wildman–Crippen MR) is 99.0 cm³/mol. The fourth-order valence-electron chi connectivity index (χ4n) is 3.17. The second-order valence-corrected chi connectivity index (χ2v) is 8.81. The molecule has 148 valence electrons. The molecule has 1 N–H and O–H groups in total. The smallest absolute Gasteiger partial charge is 0.214 e. The average molecular weight is 390 g/mol. The molecule has 1 saturated heterocycles. The molecule has 2 rings (SSSR count). The highest BCUT2D eigenvalue weighted by atomic mass is 32.2. The van der Waals surface area contributed by atoms with Crippen LogP contribution in [0.25, 0.3) is 0 Å². The van der Waals surface area contributed by atoms with Crippen LogP contribution in [0.5, 0.6) is 5.75 Å². The minimum atomic E-state index is -3.31. The van der Waals surface area contributed by atoms with Crippen LogP contribution in [0.1, 0.15) is 45.4 Å². The molecule has 1 aliphatic heterocycles. The lowest BCUT2D eigenvalue weighted by molar-refractivity contribution is 0.381. The summed E-state index contributed by atoms with van der Waals surface area (Å²) in [5.74, 6) is -2.19. The monoisotopic (exact) mass is 390 g/mol. The molecule has 0 unspecified atom stereocenters. The topological polar surface area (TPSA) is 60.9 Å². The molecule has 1 heterocycles. The first-order valence-corrected chi connectivity index (χ1v) is 10.9. The van der Waals surface area contributed by atoms with Gasteiger partial charge in [0, 0.05) is 38.3 Å². The summed E-state index contributed by atoms with van der Waals surface area (Å²) >= 11 is 0. The van der Waals surface area contributed by atoms with Crippen LogP contribution in [0.15, 0.2) is 12.1 Å². The van der Waals surface area contributed by atoms with Crippen LogP contribution < -0.4 is 4.90 Å². The summed E-state index contributed by atoms with van der Waals surface area (Å²) in [6.45, 7) is 3.22. The van der Waals surface area contributed by atoms with E-state index in [1.165, 1.54) is 10.7 Å². The molecular formula is C18H28F2N2O3S. The van der Waals surface area contributed by atoms with Gasteiger partial charge in [-0.1, -0.05) is 39.0 Å². The summed E-state index contributed by atoms with van der Waals surface area (Å²) in [6.07, 6.45) is 6.12. The second kappa shape index (κ2) is 9.50. The zero-order valence-corrected chi connectivity index (χ0v) is 16.1. The van der Waals surface area contributed by atoms with Gasteiger partial charge < -0.3 is 10.0 Å². The van der Waals surface area contributed by atoms with Crippen LogP contribution in [0.2, 0.25) is 0 Å². The van der Waals surface area contributed by atoms with Crippen molar-refractivity contribution in [2.24, 2.45) is 0 Å². The van der Waals surface area contributed by atoms with Crippen molar-refractivity contribution in [3.63, 3.8) is 0 Å². The molecule has 0 bridgehead atoms. The number of sulfonamides is 1. The van der Waals surface area contributed by atoms with Gasteiger partial charge in [-0.15, -0.1) is 0 Å². The molecule has 0 aliphatic carbocycles. The third kappa shape index (κ3) is 5.54. The standard InChI is InChI=1S/C18H28F2N2O3S/c1-2-3-4-5-6-7-12-26(24,25)22-10-8-21(9-11-22)17-13-16(20)18(23)14-15(17)19/h13-14,23H,2-12H2,1H3. The zero-order chi connectivity index (χ0) is 19.2. The van der Waals surface area contributed by atoms with Crippen LogP contribution in [-0.4, -0.2) is 49.8 Å². The molecule has 0 saturated carbocycles. The van der Waals surface area contributed by atoms with Crippen molar-refractivity contribution in [3.8, 4) is 5.75 Å². The molecule has 1 aliphatic rings. The number of unbranched alkanes of at least 4 members (excludes halogenated alkanes) is 5. The van der Waals surface area contributed by atoms with E-state index in [1.54, 1.807) is 4.90 Å². The first-order valence-electron chi connectivity index (χ1n) is 9.26. The number of piperazine rings is 1. The SMILES string of the molecule is CCCCCCCCS(=O)(=O)N1CCN(c2cc(F)c(O)cc2F)CC1. The van der Waals surface area contributed by atoms with Crippen molar-refractivity contribution in [1.29, 1.82) is 0 Å². The molecular weight excluding hydrogens is 362 g/mol. The summed E-state index contributed by atoms with van der Waals surface area (Å²) in [7, 11) is -3.31. The van der Waals surface area contributed by atoms with Gasteiger partial charge in [0.2, 0.25) is 10.0 Å². The molecule has 1 aromatic carbocycles. The quantitative estimate of drug-likeness (QED) is 0.656. The van der Waals surface area contributed by atoms with Gasteiger partial charge in [-0.2, -0.15) is 4.31 Å². The van der Waals surface area contributed by atoms with E-state index in [9.17, 15) is 22.3 Å². The maximum atomic E-state index is 13.9. The lowest BCUT2D eigenvalue weighted by Gasteiger charge is -2.35. The Kier molecular flexibility index (Phi) is 7.64. The summed E-state index contributed by atoms with van der Waals surface area (Å²) in [4.78, 5) is 1.61. The van der Waals surface area contributed by atoms with Crippen LogP contribution in [0.4, 0.5) is 14.5 Å². The Morgan fingerprint density at radius 3 is 2.23 bits per heavy atom. The Morgan fingerprint density at radius 2 is 1.58 bits per heavy atom. The average Bonchev–Trinajstić information content (AvgIpc) is 2.61. The van der Waals surface area contributed by atoms with E-state index >= 15 is 0 Å². The molecule has 26 heavy (non-hydrogen) atoms. The summed E-state index contributed by atoms with van der Waals surface area (Å²) in [5, 5.41) is 9.20. The summed E-state index contributed by atoms with van der Waals surface area (Å²) in [6, 6.07) is 1.69. The van der Waals surface area contributed by atoms with Gasteiger partial charge in [-0.3, -0.25) is 0 Å². The van der Waals surface area contributed by atoms with Gasteiger partial charge in [-0.25, -0.2) is 17.2 Å². The van der Waals surface area contributed by atoms with E-state index in [2.05, 4.69) is 6.92 Å². The van der Waals surface area contributed by atoms with E-state index in [0.717, 1.165) is 37.8 Å². The maximum Gasteiger partial charge on any atom is 0.214 e. The van der Waals surface area contributed by atoms with Crippen molar-refractivity contribution in [2.75, 3.05) is 36.8 Å². The first kappa shape index (κ1) is 20.9. The molecule has 0 aromatic heterocycles. The lowest BCUT2D eigenvalue weighted by atomic mass is 10.1. The van der Waals surface area contributed by atoms with Crippen molar-refractivity contribution in [3.05, 3.63) is 23.8 Å². The van der Waals surface area contributed by atoms with Gasteiger partial charge in [0.1, 0.15) is 5.82 Å². The molecule has 5 nitrogen and oxygen atoms in total. The third-order valence-corrected chi connectivity index (χ3v) is 6.70. The van der Waals surface area contributed by atoms with E-state index in [0.29, 0.717) is 6.42 Å². The van der Waals surface area contributed by atoms with E-state index < -0.39 is 27.4 Å². The van der Waals surface area contributed by atoms with Gasteiger partial charge in [-0.05, 0) is 6.42 Å². The number of nitrogens with zero attached hydrogens (tertiary/aromatic N) is 2. The Morgan fingerprint density at radius 1 is 0.962 bits per heavy atom. The molecule has 1 aromatic rings. The van der Waals surface area contributed by atoms with Crippen LogP contribution in [0.3, 0.4) is 0 Å². The highest BCUT2D eigenvalue weighted by molar-refractivity contribution is 7.89. The molecule has 0 radical (unpaired) electrons. The molecule has 1 fully saturated rings. The van der Waals surface area contributed by atoms with Crippen molar-refractivity contribution in [2.45, 2.75) is 45.4 Å². The number of phenols is 1. The highest BCUT2D eigenvalue weighted by Gasteiger charge is 2.28. The number of aromatic hydroxyl groups is 1. The van der Waals surface area contributed by atoms with E-state index in [-0.39, 0.29) is 37.6 Å². The number of halogens is 2. The Labute approximate surface area is 154 Å². The third-order valence-electron chi connectivity index (χ3n) is 4.74. The summed E-state index contributed by atoms with van der Waals surface area (Å²) < 4.78 is 53.7. The fourth-order valence-corrected chi connectivity index (χ4v) is 4.72. The van der Waals surface area contributed by atoms with Crippen LogP contribution in [-0.2, 0) is 10.0 Å². The van der Waals surface area contributed by atoms with E-state index in [4.69, 9.17) is 0 Å². The fraction of sp³-hybridized carbons (Fsp3) is 0.667. The molecule has 0 atom stereocenters. The lowest BCUT2D eigenvalue weighted by Crippen LogP contribution is -2.49. The second-order valence-electron chi connectivity index (χ2n) is 6.72. The van der Waals surface area contributed by atoms with Crippen molar-refractivity contribution in [1.82, 2.24) is 4.31 Å². The van der Waals surface area contributed by atoms with Gasteiger partial charge in [0.25, 0.3) is 0 Å². The highest BCUT2D eigenvalue weighted by Crippen LogP contribution is 2.27. The number of benzene rings is 1. The first-order chi connectivity index (χ1) is 12.3. The molecule has 0 spiro atoms. The normalized spacial score (nSPS) is 16.2. The maximum absolute atomic E-state index is 13.9. The van der Waals surface area contributed by atoms with Crippen LogP contribution >= 0.6 is 0 Å². The van der Waals surface area contributed by atoms with Crippen LogP contribution in [0, 0.1) is 11.6 Å². The number of hydrogen-bond donors (Lipinski definition) is 1. The largest absolute Gasteiger partial charge is 0.505 e. The number of anilines is 1. The van der Waals surface area contributed by atoms with Gasteiger partial charge >= 0.3 is 0 Å². The minimum Gasteiger partial charge on any atom is -0.505 e. The van der Waals surface area contributed by atoms with Crippen molar-refractivity contribution < 1.29 is 22.3 Å². The van der Waals surface area contributed by atoms with Gasteiger partial charge in [0.05, 0.1) is 11.4 Å². The Hall–Kier alpha value is -1.41. The van der Waals surface area contributed by atoms with Crippen molar-refractivity contribution >= 4 is 15.7 Å². The van der Waals surface area contributed by atoms with E-state index in [1.807, 2.05) is 0 Å². The van der Waals surface area contributed by atoms with Gasteiger partial charge in [0.15, 0.2) is 11.6 Å². The number of phenolic OH excluding ortho intramolecular Hbond substituents is 1. The predicted octanol–water partition coefficient (Wildman–Crippen LogP) is 3.48. The zero-order valence-electron chi connectivity index (χ0n) is 15.3. The number of hydrogen-bond acceptors (Lipinski definition) is 4. The Bertz CT molecular complexity index is 690. The molecule has 8 heteroatoms.